The molecule has 0 fully saturated rings. The summed E-state index contributed by atoms with van der Waals surface area (Å²) in [5.41, 5.74) is 0.800. The van der Waals surface area contributed by atoms with Gasteiger partial charge in [-0.2, -0.15) is 4.98 Å². The van der Waals surface area contributed by atoms with Crippen LogP contribution in [-0.4, -0.2) is 35.5 Å². The molecule has 2 aromatic heterocycles. The van der Waals surface area contributed by atoms with Crippen LogP contribution in [0.25, 0.3) is 0 Å². The van der Waals surface area contributed by atoms with Crippen molar-refractivity contribution in [3.05, 3.63) is 53.7 Å². The molecule has 0 unspecified atom stereocenters. The smallest absolute Gasteiger partial charge is 0.230 e. The number of carbonyl (C=O) groups is 1. The van der Waals surface area contributed by atoms with Gasteiger partial charge in [0, 0.05) is 6.92 Å². The number of pyridine rings is 1. The second-order valence-corrected chi connectivity index (χ2v) is 8.30. The number of hydrogen-bond donors (Lipinski definition) is 4. The van der Waals surface area contributed by atoms with Gasteiger partial charge in [-0.1, -0.05) is 29.8 Å². The van der Waals surface area contributed by atoms with Gasteiger partial charge < -0.3 is 16.0 Å². The van der Waals surface area contributed by atoms with Crippen molar-refractivity contribution in [3.8, 4) is 0 Å². The van der Waals surface area contributed by atoms with E-state index in [4.69, 9.17) is 11.6 Å². The van der Waals surface area contributed by atoms with Crippen LogP contribution in [0.4, 0.5) is 34.8 Å². The maximum Gasteiger partial charge on any atom is 0.230 e. The zero-order valence-electron chi connectivity index (χ0n) is 16.0. The lowest BCUT2D eigenvalue weighted by molar-refractivity contribution is -0.114. The van der Waals surface area contributed by atoms with Crippen molar-refractivity contribution in [2.75, 3.05) is 26.9 Å². The lowest BCUT2D eigenvalue weighted by Crippen LogP contribution is -2.11. The Labute approximate surface area is 178 Å². The molecule has 0 spiro atoms. The maximum atomic E-state index is 11.6. The summed E-state index contributed by atoms with van der Waals surface area (Å²) in [4.78, 5) is 23.9. The third kappa shape index (κ3) is 6.03. The lowest BCUT2D eigenvalue weighted by atomic mass is 10.2. The number of halogens is 1. The summed E-state index contributed by atoms with van der Waals surface area (Å²) in [7, 11) is -3.47. The maximum absolute atomic E-state index is 11.6. The van der Waals surface area contributed by atoms with Crippen molar-refractivity contribution in [1.29, 1.82) is 0 Å². The SMILES string of the molecule is CC(=O)Nc1cccc(Nc2ncc(Cl)c(Nc3ccccc3NS(C)(=O)=O)n2)n1. The van der Waals surface area contributed by atoms with Crippen molar-refractivity contribution in [1.82, 2.24) is 15.0 Å². The van der Waals surface area contributed by atoms with E-state index in [2.05, 4.69) is 35.6 Å². The largest absolute Gasteiger partial charge is 0.337 e. The zero-order chi connectivity index (χ0) is 21.7. The first-order valence-electron chi connectivity index (χ1n) is 8.58. The Morgan fingerprint density at radius 3 is 2.37 bits per heavy atom. The molecule has 156 valence electrons. The summed E-state index contributed by atoms with van der Waals surface area (Å²) in [5, 5.41) is 8.75. The third-order valence-electron chi connectivity index (χ3n) is 3.51. The van der Waals surface area contributed by atoms with Gasteiger partial charge in [0.25, 0.3) is 0 Å². The zero-order valence-corrected chi connectivity index (χ0v) is 17.5. The van der Waals surface area contributed by atoms with Crippen LogP contribution in [0.2, 0.25) is 5.02 Å². The fourth-order valence-corrected chi connectivity index (χ4v) is 3.11. The van der Waals surface area contributed by atoms with Gasteiger partial charge in [-0.25, -0.2) is 18.4 Å². The van der Waals surface area contributed by atoms with Gasteiger partial charge in [0.1, 0.15) is 16.7 Å². The molecule has 0 aliphatic carbocycles. The minimum atomic E-state index is -3.47. The Morgan fingerprint density at radius 1 is 0.967 bits per heavy atom. The minimum Gasteiger partial charge on any atom is -0.337 e. The number of para-hydroxylation sites is 2. The van der Waals surface area contributed by atoms with E-state index >= 15 is 0 Å². The fourth-order valence-electron chi connectivity index (χ4n) is 2.39. The highest BCUT2D eigenvalue weighted by Crippen LogP contribution is 2.29. The van der Waals surface area contributed by atoms with Crippen LogP contribution in [0.3, 0.4) is 0 Å². The summed E-state index contributed by atoms with van der Waals surface area (Å²) >= 11 is 6.20. The first-order chi connectivity index (χ1) is 14.2. The number of anilines is 6. The van der Waals surface area contributed by atoms with Crippen LogP contribution in [0.5, 0.6) is 0 Å². The van der Waals surface area contributed by atoms with E-state index in [0.717, 1.165) is 6.26 Å². The second kappa shape index (κ2) is 8.93. The number of sulfonamides is 1. The van der Waals surface area contributed by atoms with Crippen molar-refractivity contribution >= 4 is 62.3 Å². The fraction of sp³-hybridized carbons (Fsp3) is 0.111. The van der Waals surface area contributed by atoms with Crippen LogP contribution in [0.1, 0.15) is 6.92 Å². The number of aromatic nitrogens is 3. The molecule has 0 saturated heterocycles. The molecule has 0 bridgehead atoms. The molecule has 2 heterocycles. The Balaban J connectivity index is 1.84. The van der Waals surface area contributed by atoms with Crippen molar-refractivity contribution in [3.63, 3.8) is 0 Å². The van der Waals surface area contributed by atoms with Crippen LogP contribution in [0.15, 0.2) is 48.7 Å². The van der Waals surface area contributed by atoms with Crippen LogP contribution in [0, 0.1) is 0 Å². The highest BCUT2D eigenvalue weighted by atomic mass is 35.5. The number of nitrogens with one attached hydrogen (secondary N) is 4. The van der Waals surface area contributed by atoms with E-state index in [9.17, 15) is 13.2 Å². The molecule has 12 heteroatoms. The lowest BCUT2D eigenvalue weighted by Gasteiger charge is -2.14. The molecule has 0 saturated carbocycles. The predicted octanol–water partition coefficient (Wildman–Crippen LogP) is 3.34. The molecule has 0 atom stereocenters. The van der Waals surface area contributed by atoms with E-state index < -0.39 is 10.0 Å². The highest BCUT2D eigenvalue weighted by molar-refractivity contribution is 7.92. The molecule has 0 aliphatic heterocycles. The van der Waals surface area contributed by atoms with Crippen LogP contribution < -0.4 is 20.7 Å². The van der Waals surface area contributed by atoms with Crippen molar-refractivity contribution < 1.29 is 13.2 Å². The molecule has 0 aliphatic rings. The summed E-state index contributed by atoms with van der Waals surface area (Å²) in [6, 6.07) is 11.8. The number of nitrogens with zero attached hydrogens (tertiary/aromatic N) is 3. The summed E-state index contributed by atoms with van der Waals surface area (Å²) in [6.45, 7) is 1.39. The average molecular weight is 448 g/mol. The monoisotopic (exact) mass is 447 g/mol. The van der Waals surface area contributed by atoms with Crippen molar-refractivity contribution in [2.24, 2.45) is 0 Å². The quantitative estimate of drug-likeness (QED) is 0.432. The van der Waals surface area contributed by atoms with E-state index in [1.165, 1.54) is 13.1 Å². The molecule has 3 rings (SSSR count). The summed E-state index contributed by atoms with van der Waals surface area (Å²) < 4.78 is 25.6. The van der Waals surface area contributed by atoms with Crippen molar-refractivity contribution in [2.45, 2.75) is 6.92 Å². The molecule has 4 N–H and O–H groups in total. The second-order valence-electron chi connectivity index (χ2n) is 6.15. The van der Waals surface area contributed by atoms with Gasteiger partial charge in [-0.3, -0.25) is 9.52 Å². The average Bonchev–Trinajstić information content (AvgIpc) is 2.64. The van der Waals surface area contributed by atoms with Crippen LogP contribution in [-0.2, 0) is 14.8 Å². The summed E-state index contributed by atoms with van der Waals surface area (Å²) in [6.07, 6.45) is 2.45. The first kappa shape index (κ1) is 21.3. The number of amides is 1. The van der Waals surface area contributed by atoms with E-state index in [1.807, 2.05) is 0 Å². The molecule has 30 heavy (non-hydrogen) atoms. The molecule has 3 aromatic rings. The molecular formula is C18H18ClN7O3S. The van der Waals surface area contributed by atoms with Gasteiger partial charge in [-0.15, -0.1) is 0 Å². The highest BCUT2D eigenvalue weighted by Gasteiger charge is 2.11. The Hall–Kier alpha value is -3.44. The Bertz CT molecular complexity index is 1190. The topological polar surface area (TPSA) is 138 Å². The molecule has 10 nitrogen and oxygen atoms in total. The first-order valence-corrected chi connectivity index (χ1v) is 10.8. The Morgan fingerprint density at radius 2 is 1.67 bits per heavy atom. The van der Waals surface area contributed by atoms with Gasteiger partial charge in [-0.05, 0) is 24.3 Å². The number of hydrogen-bond acceptors (Lipinski definition) is 8. The van der Waals surface area contributed by atoms with E-state index in [1.54, 1.807) is 42.5 Å². The predicted molar refractivity (Wildman–Crippen MR) is 117 cm³/mol. The van der Waals surface area contributed by atoms with Crippen LogP contribution >= 0.6 is 11.6 Å². The third-order valence-corrected chi connectivity index (χ3v) is 4.38. The molecule has 1 aromatic carbocycles. The number of rotatable bonds is 7. The summed E-state index contributed by atoms with van der Waals surface area (Å²) in [5.74, 6) is 1.00. The molecular weight excluding hydrogens is 430 g/mol. The minimum absolute atomic E-state index is 0.197. The van der Waals surface area contributed by atoms with Gasteiger partial charge >= 0.3 is 0 Å². The van der Waals surface area contributed by atoms with E-state index in [0.29, 0.717) is 23.0 Å². The van der Waals surface area contributed by atoms with Gasteiger partial charge in [0.05, 0.1) is 23.8 Å². The Kier molecular flexibility index (Phi) is 6.33. The normalized spacial score (nSPS) is 10.9. The number of benzene rings is 1. The van der Waals surface area contributed by atoms with Gasteiger partial charge in [0.2, 0.25) is 21.9 Å². The van der Waals surface area contributed by atoms with E-state index in [-0.39, 0.29) is 22.7 Å². The molecule has 0 radical (unpaired) electrons. The standard InChI is InChI=1S/C18H18ClN7O3S/c1-11(27)21-15-8-5-9-16(23-15)24-18-20-10-12(19)17(25-18)22-13-6-3-4-7-14(13)26-30(2,28)29/h3-10,26H,1-2H3,(H3,20,21,22,23,24,25,27). The van der Waals surface area contributed by atoms with Gasteiger partial charge in [0.15, 0.2) is 5.82 Å². The molecule has 1 amide bonds. The number of carbonyl (C=O) groups excluding carboxylic acids is 1.